The molecule has 0 amide bonds. The van der Waals surface area contributed by atoms with Gasteiger partial charge in [0.25, 0.3) is 0 Å². The number of imidazole rings is 1. The van der Waals surface area contributed by atoms with E-state index in [1.54, 1.807) is 0 Å². The van der Waals surface area contributed by atoms with Crippen LogP contribution in [-0.4, -0.2) is 9.38 Å². The Kier molecular flexibility index (Phi) is 2.69. The Hall–Kier alpha value is -1.61. The maximum Gasteiger partial charge on any atom is 0.117 e. The third-order valence-corrected chi connectivity index (χ3v) is 3.26. The average Bonchev–Trinajstić information content (AvgIpc) is 2.73. The van der Waals surface area contributed by atoms with E-state index >= 15 is 0 Å². The van der Waals surface area contributed by atoms with Gasteiger partial charge in [0.15, 0.2) is 0 Å². The van der Waals surface area contributed by atoms with Gasteiger partial charge in [-0.2, -0.15) is 0 Å². The Morgan fingerprint density at radius 1 is 1.12 bits per heavy atom. The summed E-state index contributed by atoms with van der Waals surface area (Å²) in [5, 5.41) is 0. The van der Waals surface area contributed by atoms with Crippen molar-refractivity contribution in [3.8, 4) is 0 Å². The van der Waals surface area contributed by atoms with Crippen molar-refractivity contribution in [2.24, 2.45) is 0 Å². The molecule has 3 heteroatoms. The zero-order chi connectivity index (χ0) is 11.7. The van der Waals surface area contributed by atoms with Gasteiger partial charge in [-0.15, -0.1) is 0 Å². The summed E-state index contributed by atoms with van der Waals surface area (Å²) in [6.07, 6.45) is 4.81. The molecule has 0 aliphatic rings. The number of fused-ring (bicyclic) bond motifs is 1. The Morgan fingerprint density at radius 3 is 2.94 bits per heavy atom. The molecule has 3 rings (SSSR count). The number of hydrogen-bond donors (Lipinski definition) is 0. The van der Waals surface area contributed by atoms with Gasteiger partial charge in [-0.05, 0) is 29.8 Å². The number of benzene rings is 1. The Balaban J connectivity index is 2.00. The standard InChI is InChI=1S/C14H11BrN2/c15-12-5-3-4-11(8-12)9-14-16-10-13-6-1-2-7-17(13)14/h1-8,10H,9H2. The van der Waals surface area contributed by atoms with Crippen molar-refractivity contribution in [2.75, 3.05) is 0 Å². The first-order valence-electron chi connectivity index (χ1n) is 5.48. The molecule has 0 atom stereocenters. The molecule has 0 spiro atoms. The highest BCUT2D eigenvalue weighted by molar-refractivity contribution is 9.10. The van der Waals surface area contributed by atoms with E-state index in [4.69, 9.17) is 0 Å². The van der Waals surface area contributed by atoms with Crippen molar-refractivity contribution in [1.82, 2.24) is 9.38 Å². The summed E-state index contributed by atoms with van der Waals surface area (Å²) < 4.78 is 3.23. The third kappa shape index (κ3) is 2.11. The van der Waals surface area contributed by atoms with Gasteiger partial charge in [-0.3, -0.25) is 0 Å². The van der Waals surface area contributed by atoms with Crippen LogP contribution in [0, 0.1) is 0 Å². The highest BCUT2D eigenvalue weighted by atomic mass is 79.9. The largest absolute Gasteiger partial charge is 0.303 e. The summed E-state index contributed by atoms with van der Waals surface area (Å²) in [5.74, 6) is 1.07. The molecule has 0 fully saturated rings. The van der Waals surface area contributed by atoms with E-state index in [1.807, 2.05) is 24.4 Å². The van der Waals surface area contributed by atoms with Crippen LogP contribution in [0.25, 0.3) is 5.52 Å². The molecule has 0 saturated heterocycles. The topological polar surface area (TPSA) is 17.3 Å². The van der Waals surface area contributed by atoms with E-state index < -0.39 is 0 Å². The first kappa shape index (κ1) is 10.5. The van der Waals surface area contributed by atoms with Crippen molar-refractivity contribution >= 4 is 21.4 Å². The van der Waals surface area contributed by atoms with Crippen molar-refractivity contribution in [1.29, 1.82) is 0 Å². The quantitative estimate of drug-likeness (QED) is 0.702. The summed E-state index contributed by atoms with van der Waals surface area (Å²) in [7, 11) is 0. The predicted molar refractivity (Wildman–Crippen MR) is 72.1 cm³/mol. The van der Waals surface area contributed by atoms with Crippen molar-refractivity contribution in [3.05, 3.63) is 70.7 Å². The van der Waals surface area contributed by atoms with E-state index in [-0.39, 0.29) is 0 Å². The Morgan fingerprint density at radius 2 is 2.06 bits per heavy atom. The summed E-state index contributed by atoms with van der Waals surface area (Å²) in [4.78, 5) is 4.47. The van der Waals surface area contributed by atoms with Crippen molar-refractivity contribution in [3.63, 3.8) is 0 Å². The summed E-state index contributed by atoms with van der Waals surface area (Å²) in [6.45, 7) is 0. The molecule has 2 heterocycles. The molecule has 1 aromatic carbocycles. The smallest absolute Gasteiger partial charge is 0.117 e. The fraction of sp³-hybridized carbons (Fsp3) is 0.0714. The number of hydrogen-bond acceptors (Lipinski definition) is 1. The minimum Gasteiger partial charge on any atom is -0.303 e. The lowest BCUT2D eigenvalue weighted by Gasteiger charge is -2.02. The maximum atomic E-state index is 4.47. The van der Waals surface area contributed by atoms with E-state index in [1.165, 1.54) is 5.56 Å². The van der Waals surface area contributed by atoms with Gasteiger partial charge in [-0.1, -0.05) is 34.1 Å². The maximum absolute atomic E-state index is 4.47. The Bertz CT molecular complexity index is 658. The van der Waals surface area contributed by atoms with Crippen LogP contribution in [0.2, 0.25) is 0 Å². The minimum absolute atomic E-state index is 0.845. The molecule has 3 aromatic rings. The summed E-state index contributed by atoms with van der Waals surface area (Å²) in [6, 6.07) is 14.5. The molecule has 2 aromatic heterocycles. The van der Waals surface area contributed by atoms with Gasteiger partial charge in [0.1, 0.15) is 5.82 Å². The van der Waals surface area contributed by atoms with Crippen LogP contribution in [0.5, 0.6) is 0 Å². The number of nitrogens with zero attached hydrogens (tertiary/aromatic N) is 2. The lowest BCUT2D eigenvalue weighted by atomic mass is 10.1. The van der Waals surface area contributed by atoms with Crippen LogP contribution < -0.4 is 0 Å². The molecule has 0 aliphatic heterocycles. The second kappa shape index (κ2) is 4.34. The number of halogens is 1. The summed E-state index contributed by atoms with van der Waals surface area (Å²) >= 11 is 3.49. The van der Waals surface area contributed by atoms with Gasteiger partial charge in [0.05, 0.1) is 11.7 Å². The fourth-order valence-electron chi connectivity index (χ4n) is 1.96. The highest BCUT2D eigenvalue weighted by Crippen LogP contribution is 2.15. The number of pyridine rings is 1. The molecule has 2 nitrogen and oxygen atoms in total. The van der Waals surface area contributed by atoms with Crippen molar-refractivity contribution in [2.45, 2.75) is 6.42 Å². The predicted octanol–water partition coefficient (Wildman–Crippen LogP) is 3.69. The lowest BCUT2D eigenvalue weighted by molar-refractivity contribution is 0.961. The van der Waals surface area contributed by atoms with E-state index in [9.17, 15) is 0 Å². The van der Waals surface area contributed by atoms with Gasteiger partial charge in [-0.25, -0.2) is 4.98 Å². The van der Waals surface area contributed by atoms with Gasteiger partial charge < -0.3 is 4.40 Å². The molecule has 84 valence electrons. The van der Waals surface area contributed by atoms with Gasteiger partial charge in [0.2, 0.25) is 0 Å². The average molecular weight is 287 g/mol. The fourth-order valence-corrected chi connectivity index (χ4v) is 2.41. The zero-order valence-electron chi connectivity index (χ0n) is 9.18. The van der Waals surface area contributed by atoms with Gasteiger partial charge >= 0.3 is 0 Å². The highest BCUT2D eigenvalue weighted by Gasteiger charge is 2.03. The molecule has 0 N–H and O–H groups in total. The minimum atomic E-state index is 0.845. The molecular weight excluding hydrogens is 276 g/mol. The first-order chi connectivity index (χ1) is 8.33. The number of rotatable bonds is 2. The summed E-state index contributed by atoms with van der Waals surface area (Å²) in [5.41, 5.74) is 2.40. The first-order valence-corrected chi connectivity index (χ1v) is 6.28. The second-order valence-electron chi connectivity index (χ2n) is 3.98. The molecule has 0 radical (unpaired) electrons. The van der Waals surface area contributed by atoms with Crippen LogP contribution in [0.15, 0.2) is 59.3 Å². The third-order valence-electron chi connectivity index (χ3n) is 2.77. The van der Waals surface area contributed by atoms with Crippen LogP contribution in [0.1, 0.15) is 11.4 Å². The molecule has 0 saturated carbocycles. The zero-order valence-corrected chi connectivity index (χ0v) is 10.8. The van der Waals surface area contributed by atoms with Crippen LogP contribution >= 0.6 is 15.9 Å². The van der Waals surface area contributed by atoms with E-state index in [0.29, 0.717) is 0 Å². The molecule has 0 bridgehead atoms. The van der Waals surface area contributed by atoms with E-state index in [2.05, 4.69) is 55.8 Å². The van der Waals surface area contributed by atoms with E-state index in [0.717, 1.165) is 22.2 Å². The Labute approximate surface area is 108 Å². The monoisotopic (exact) mass is 286 g/mol. The molecular formula is C14H11BrN2. The molecule has 17 heavy (non-hydrogen) atoms. The van der Waals surface area contributed by atoms with Crippen molar-refractivity contribution < 1.29 is 0 Å². The van der Waals surface area contributed by atoms with Crippen LogP contribution in [0.3, 0.4) is 0 Å². The molecule has 0 aliphatic carbocycles. The van der Waals surface area contributed by atoms with Crippen LogP contribution in [0.4, 0.5) is 0 Å². The SMILES string of the molecule is Brc1cccc(Cc2ncc3ccccn23)c1. The van der Waals surface area contributed by atoms with Gasteiger partial charge in [0, 0.05) is 17.1 Å². The number of aromatic nitrogens is 2. The lowest BCUT2D eigenvalue weighted by Crippen LogP contribution is -1.95. The normalized spacial score (nSPS) is 10.9. The van der Waals surface area contributed by atoms with Crippen LogP contribution in [-0.2, 0) is 6.42 Å². The second-order valence-corrected chi connectivity index (χ2v) is 4.89. The molecule has 0 unspecified atom stereocenters.